The summed E-state index contributed by atoms with van der Waals surface area (Å²) >= 11 is 0. The van der Waals surface area contributed by atoms with Crippen molar-refractivity contribution in [3.05, 3.63) is 54.2 Å². The Hall–Kier alpha value is -2.93. The van der Waals surface area contributed by atoms with E-state index in [-0.39, 0.29) is 18.6 Å². The van der Waals surface area contributed by atoms with Crippen molar-refractivity contribution in [3.8, 4) is 5.75 Å². The van der Waals surface area contributed by atoms with Crippen LogP contribution in [0.5, 0.6) is 5.75 Å². The highest BCUT2D eigenvalue weighted by Crippen LogP contribution is 2.22. The lowest BCUT2D eigenvalue weighted by molar-refractivity contribution is -0.134. The zero-order valence-corrected chi connectivity index (χ0v) is 14.5. The van der Waals surface area contributed by atoms with Gasteiger partial charge >= 0.3 is 0 Å². The zero-order valence-electron chi connectivity index (χ0n) is 14.5. The number of ether oxygens (including phenoxy) is 1. The average Bonchev–Trinajstić information content (AvgIpc) is 3.15. The highest BCUT2D eigenvalue weighted by molar-refractivity contribution is 5.83. The molecule has 0 saturated carbocycles. The van der Waals surface area contributed by atoms with Gasteiger partial charge in [-0.3, -0.25) is 4.79 Å². The number of piperazine rings is 1. The lowest BCUT2D eigenvalue weighted by atomic mass is 10.1. The SMILES string of the molecule is CC(c1nc(COc2ccc3ccccc3c2)no1)N1CCNCC1=O. The third-order valence-corrected chi connectivity index (χ3v) is 4.52. The molecule has 1 aliphatic rings. The quantitative estimate of drug-likeness (QED) is 0.759. The Labute approximate surface area is 150 Å². The van der Waals surface area contributed by atoms with Gasteiger partial charge in [-0.25, -0.2) is 0 Å². The van der Waals surface area contributed by atoms with Gasteiger partial charge in [-0.1, -0.05) is 35.5 Å². The molecule has 0 bridgehead atoms. The van der Waals surface area contributed by atoms with Gasteiger partial charge in [0.25, 0.3) is 0 Å². The van der Waals surface area contributed by atoms with Crippen molar-refractivity contribution in [3.63, 3.8) is 0 Å². The number of hydrogen-bond donors (Lipinski definition) is 1. The van der Waals surface area contributed by atoms with Gasteiger partial charge in [-0.05, 0) is 29.8 Å². The Morgan fingerprint density at radius 1 is 1.27 bits per heavy atom. The summed E-state index contributed by atoms with van der Waals surface area (Å²) in [6.07, 6.45) is 0. The molecular weight excluding hydrogens is 332 g/mol. The highest BCUT2D eigenvalue weighted by atomic mass is 16.5. The largest absolute Gasteiger partial charge is 0.485 e. The monoisotopic (exact) mass is 352 g/mol. The first-order valence-electron chi connectivity index (χ1n) is 8.65. The van der Waals surface area contributed by atoms with Crippen LogP contribution in [0.3, 0.4) is 0 Å². The molecule has 1 saturated heterocycles. The van der Waals surface area contributed by atoms with Crippen molar-refractivity contribution < 1.29 is 14.1 Å². The smallest absolute Gasteiger partial charge is 0.249 e. The van der Waals surface area contributed by atoms with Crippen LogP contribution in [0.2, 0.25) is 0 Å². The van der Waals surface area contributed by atoms with E-state index in [1.54, 1.807) is 4.90 Å². The lowest BCUT2D eigenvalue weighted by Gasteiger charge is -2.30. The van der Waals surface area contributed by atoms with Crippen molar-refractivity contribution >= 4 is 16.7 Å². The molecule has 1 unspecified atom stereocenters. The summed E-state index contributed by atoms with van der Waals surface area (Å²) in [7, 11) is 0. The van der Waals surface area contributed by atoms with Gasteiger partial charge in [-0.15, -0.1) is 0 Å². The molecule has 0 radical (unpaired) electrons. The van der Waals surface area contributed by atoms with E-state index in [0.29, 0.717) is 24.8 Å². The van der Waals surface area contributed by atoms with Crippen molar-refractivity contribution in [1.82, 2.24) is 20.4 Å². The van der Waals surface area contributed by atoms with E-state index < -0.39 is 0 Å². The van der Waals surface area contributed by atoms with Crippen LogP contribution in [0.1, 0.15) is 24.7 Å². The van der Waals surface area contributed by atoms with E-state index in [2.05, 4.69) is 21.5 Å². The van der Waals surface area contributed by atoms with Crippen LogP contribution >= 0.6 is 0 Å². The molecule has 1 N–H and O–H groups in total. The number of hydrogen-bond acceptors (Lipinski definition) is 6. The van der Waals surface area contributed by atoms with Gasteiger partial charge in [0.15, 0.2) is 6.61 Å². The summed E-state index contributed by atoms with van der Waals surface area (Å²) in [6.45, 7) is 3.85. The summed E-state index contributed by atoms with van der Waals surface area (Å²) in [5.41, 5.74) is 0. The maximum absolute atomic E-state index is 12.0. The van der Waals surface area contributed by atoms with Crippen LogP contribution in [0.25, 0.3) is 10.8 Å². The second kappa shape index (κ2) is 7.13. The molecule has 26 heavy (non-hydrogen) atoms. The number of aromatic nitrogens is 2. The number of fused-ring (bicyclic) bond motifs is 1. The summed E-state index contributed by atoms with van der Waals surface area (Å²) in [6, 6.07) is 13.8. The molecule has 0 spiro atoms. The highest BCUT2D eigenvalue weighted by Gasteiger charge is 2.27. The second-order valence-electron chi connectivity index (χ2n) is 6.29. The molecule has 1 atom stereocenters. The maximum atomic E-state index is 12.0. The summed E-state index contributed by atoms with van der Waals surface area (Å²) in [4.78, 5) is 18.1. The maximum Gasteiger partial charge on any atom is 0.249 e. The van der Waals surface area contributed by atoms with Gasteiger partial charge in [-0.2, -0.15) is 4.98 Å². The minimum absolute atomic E-state index is 0.0379. The minimum Gasteiger partial charge on any atom is -0.485 e. The molecule has 1 aliphatic heterocycles. The first kappa shape index (κ1) is 16.5. The van der Waals surface area contributed by atoms with Gasteiger partial charge in [0, 0.05) is 13.1 Å². The molecule has 4 rings (SSSR count). The van der Waals surface area contributed by atoms with Crippen molar-refractivity contribution in [1.29, 1.82) is 0 Å². The van der Waals surface area contributed by atoms with E-state index in [9.17, 15) is 4.79 Å². The molecule has 7 nitrogen and oxygen atoms in total. The molecule has 2 heterocycles. The lowest BCUT2D eigenvalue weighted by Crippen LogP contribution is -2.48. The normalized spacial score (nSPS) is 16.0. The Bertz CT molecular complexity index is 924. The van der Waals surface area contributed by atoms with Crippen LogP contribution in [0.4, 0.5) is 0 Å². The number of amides is 1. The Morgan fingerprint density at radius 2 is 2.12 bits per heavy atom. The van der Waals surface area contributed by atoms with Crippen LogP contribution in [-0.4, -0.2) is 40.6 Å². The standard InChI is InChI=1S/C19H20N4O3/c1-13(23-9-8-20-11-18(23)24)19-21-17(22-26-19)12-25-16-7-6-14-4-2-3-5-15(14)10-16/h2-7,10,13,20H,8-9,11-12H2,1H3. The molecule has 1 fully saturated rings. The first-order valence-corrected chi connectivity index (χ1v) is 8.65. The predicted molar refractivity (Wildman–Crippen MR) is 95.6 cm³/mol. The zero-order chi connectivity index (χ0) is 17.9. The fraction of sp³-hybridized carbons (Fsp3) is 0.316. The molecular formula is C19H20N4O3. The number of carbonyl (C=O) groups excluding carboxylic acids is 1. The Balaban J connectivity index is 1.42. The number of nitrogens with zero attached hydrogens (tertiary/aromatic N) is 3. The second-order valence-corrected chi connectivity index (χ2v) is 6.29. The van der Waals surface area contributed by atoms with Gasteiger partial charge in [0.1, 0.15) is 11.8 Å². The first-order chi connectivity index (χ1) is 12.7. The van der Waals surface area contributed by atoms with E-state index >= 15 is 0 Å². The van der Waals surface area contributed by atoms with E-state index in [4.69, 9.17) is 9.26 Å². The number of carbonyl (C=O) groups is 1. The molecule has 1 aromatic heterocycles. The van der Waals surface area contributed by atoms with Gasteiger partial charge in [0.2, 0.25) is 17.6 Å². The Kier molecular flexibility index (Phi) is 4.53. The summed E-state index contributed by atoms with van der Waals surface area (Å²) in [5.74, 6) is 1.68. The Morgan fingerprint density at radius 3 is 2.96 bits per heavy atom. The van der Waals surface area contributed by atoms with Crippen molar-refractivity contribution in [2.45, 2.75) is 19.6 Å². The van der Waals surface area contributed by atoms with Gasteiger partial charge < -0.3 is 19.5 Å². The van der Waals surface area contributed by atoms with Crippen molar-refractivity contribution in [2.24, 2.45) is 0 Å². The van der Waals surface area contributed by atoms with E-state index in [1.165, 1.54) is 0 Å². The predicted octanol–water partition coefficient (Wildman–Crippen LogP) is 2.29. The van der Waals surface area contributed by atoms with E-state index in [0.717, 1.165) is 23.1 Å². The topological polar surface area (TPSA) is 80.5 Å². The van der Waals surface area contributed by atoms with Crippen molar-refractivity contribution in [2.75, 3.05) is 19.6 Å². The van der Waals surface area contributed by atoms with Crippen LogP contribution in [0.15, 0.2) is 47.0 Å². The van der Waals surface area contributed by atoms with Crippen LogP contribution in [0, 0.1) is 0 Å². The third-order valence-electron chi connectivity index (χ3n) is 4.52. The number of benzene rings is 2. The average molecular weight is 352 g/mol. The van der Waals surface area contributed by atoms with Crippen LogP contribution < -0.4 is 10.1 Å². The molecule has 134 valence electrons. The number of nitrogens with one attached hydrogen (secondary N) is 1. The van der Waals surface area contributed by atoms with Gasteiger partial charge in [0.05, 0.1) is 6.54 Å². The minimum atomic E-state index is -0.244. The molecule has 3 aromatic rings. The fourth-order valence-corrected chi connectivity index (χ4v) is 3.06. The molecule has 7 heteroatoms. The summed E-state index contributed by atoms with van der Waals surface area (Å²) < 4.78 is 11.1. The summed E-state index contributed by atoms with van der Waals surface area (Å²) in [5, 5.41) is 9.30. The third kappa shape index (κ3) is 3.39. The molecule has 1 amide bonds. The molecule has 2 aromatic carbocycles. The van der Waals surface area contributed by atoms with E-state index in [1.807, 2.05) is 43.3 Å². The molecule has 0 aliphatic carbocycles. The fourth-order valence-electron chi connectivity index (χ4n) is 3.06. The van der Waals surface area contributed by atoms with Crippen LogP contribution in [-0.2, 0) is 11.4 Å². The number of rotatable bonds is 5.